The lowest BCUT2D eigenvalue weighted by Gasteiger charge is -2.34. The number of carbonyl (C=O) groups is 1. The van der Waals surface area contributed by atoms with E-state index in [9.17, 15) is 18.0 Å². The van der Waals surface area contributed by atoms with Crippen LogP contribution in [0.2, 0.25) is 5.02 Å². The van der Waals surface area contributed by atoms with Crippen LogP contribution in [0.15, 0.2) is 28.7 Å². The molecule has 0 atom stereocenters. The van der Waals surface area contributed by atoms with Crippen LogP contribution in [0.4, 0.5) is 13.2 Å². The Kier molecular flexibility index (Phi) is 6.90. The predicted molar refractivity (Wildman–Crippen MR) is 108 cm³/mol. The number of benzene rings is 1. The summed E-state index contributed by atoms with van der Waals surface area (Å²) in [5.74, 6) is -0.0734. The largest absolute Gasteiger partial charge is 0.436 e. The first kappa shape index (κ1) is 22.1. The van der Waals surface area contributed by atoms with Crippen LogP contribution in [0.25, 0.3) is 0 Å². The number of halogens is 5. The van der Waals surface area contributed by atoms with E-state index in [1.807, 2.05) is 24.3 Å². The predicted octanol–water partition coefficient (Wildman–Crippen LogP) is 4.36. The molecule has 29 heavy (non-hydrogen) atoms. The van der Waals surface area contributed by atoms with Crippen molar-refractivity contribution in [2.45, 2.75) is 32.6 Å². The minimum absolute atomic E-state index is 0.0734. The molecule has 0 radical (unpaired) electrons. The Balaban J connectivity index is 1.49. The molecular formula is C19H21BrClF3N4O. The number of nitrogens with zero attached hydrogens (tertiary/aromatic N) is 4. The highest BCUT2D eigenvalue weighted by atomic mass is 79.9. The Hall–Kier alpha value is -1.58. The van der Waals surface area contributed by atoms with Crippen molar-refractivity contribution in [2.24, 2.45) is 0 Å². The average molecular weight is 494 g/mol. The van der Waals surface area contributed by atoms with Crippen molar-refractivity contribution in [3.63, 3.8) is 0 Å². The van der Waals surface area contributed by atoms with Crippen LogP contribution >= 0.6 is 27.5 Å². The SMILES string of the molecule is Cc1c(Br)c(C(F)(F)F)nn1CCC(=O)N1CCN(Cc2ccc(Cl)cc2)CC1. The molecule has 1 aromatic carbocycles. The summed E-state index contributed by atoms with van der Waals surface area (Å²) in [7, 11) is 0. The number of alkyl halides is 3. The molecule has 5 nitrogen and oxygen atoms in total. The Bertz CT molecular complexity index is 862. The molecule has 0 saturated carbocycles. The van der Waals surface area contributed by atoms with Crippen molar-refractivity contribution in [3.05, 3.63) is 50.7 Å². The van der Waals surface area contributed by atoms with E-state index in [1.165, 1.54) is 4.68 Å². The second kappa shape index (κ2) is 9.06. The van der Waals surface area contributed by atoms with Crippen molar-refractivity contribution < 1.29 is 18.0 Å². The smallest absolute Gasteiger partial charge is 0.340 e. The highest BCUT2D eigenvalue weighted by molar-refractivity contribution is 9.10. The Labute approximate surface area is 180 Å². The first-order chi connectivity index (χ1) is 13.6. The van der Waals surface area contributed by atoms with Gasteiger partial charge in [0, 0.05) is 44.2 Å². The zero-order valence-corrected chi connectivity index (χ0v) is 18.2. The minimum atomic E-state index is -4.53. The first-order valence-electron chi connectivity index (χ1n) is 9.20. The summed E-state index contributed by atoms with van der Waals surface area (Å²) in [6, 6.07) is 7.69. The molecule has 10 heteroatoms. The molecule has 158 valence electrons. The molecule has 1 aromatic heterocycles. The summed E-state index contributed by atoms with van der Waals surface area (Å²) >= 11 is 8.85. The average Bonchev–Trinajstić information content (AvgIpc) is 2.97. The van der Waals surface area contributed by atoms with Gasteiger partial charge in [-0.1, -0.05) is 23.7 Å². The highest BCUT2D eigenvalue weighted by Gasteiger charge is 2.38. The molecule has 0 bridgehead atoms. The molecule has 2 heterocycles. The third-order valence-electron chi connectivity index (χ3n) is 4.98. The Morgan fingerprint density at radius 2 is 1.79 bits per heavy atom. The van der Waals surface area contributed by atoms with Crippen LogP contribution in [-0.2, 0) is 24.1 Å². The third kappa shape index (κ3) is 5.52. The number of carbonyl (C=O) groups excluding carboxylic acids is 1. The van der Waals surface area contributed by atoms with Crippen LogP contribution in [0, 0.1) is 6.92 Å². The summed E-state index contributed by atoms with van der Waals surface area (Å²) in [5.41, 5.74) is 0.561. The molecule has 1 saturated heterocycles. The van der Waals surface area contributed by atoms with E-state index >= 15 is 0 Å². The molecule has 2 aromatic rings. The summed E-state index contributed by atoms with van der Waals surface area (Å²) in [6.45, 7) is 5.15. The van der Waals surface area contributed by atoms with E-state index in [1.54, 1.807) is 11.8 Å². The Morgan fingerprint density at radius 1 is 1.17 bits per heavy atom. The van der Waals surface area contributed by atoms with Crippen LogP contribution < -0.4 is 0 Å². The van der Waals surface area contributed by atoms with Gasteiger partial charge in [-0.15, -0.1) is 0 Å². The topological polar surface area (TPSA) is 41.4 Å². The lowest BCUT2D eigenvalue weighted by molar-refractivity contribution is -0.142. The van der Waals surface area contributed by atoms with E-state index in [0.717, 1.165) is 25.2 Å². The minimum Gasteiger partial charge on any atom is -0.340 e. The monoisotopic (exact) mass is 492 g/mol. The zero-order valence-electron chi connectivity index (χ0n) is 15.8. The molecule has 0 N–H and O–H groups in total. The van der Waals surface area contributed by atoms with Gasteiger partial charge in [0.05, 0.1) is 16.7 Å². The van der Waals surface area contributed by atoms with Gasteiger partial charge in [-0.3, -0.25) is 14.4 Å². The van der Waals surface area contributed by atoms with Gasteiger partial charge in [-0.05, 0) is 40.5 Å². The molecule has 0 aliphatic carbocycles. The fraction of sp³-hybridized carbons (Fsp3) is 0.474. The van der Waals surface area contributed by atoms with Crippen LogP contribution in [0.3, 0.4) is 0 Å². The van der Waals surface area contributed by atoms with Gasteiger partial charge in [0.2, 0.25) is 5.91 Å². The van der Waals surface area contributed by atoms with Gasteiger partial charge in [0.25, 0.3) is 0 Å². The number of aryl methyl sites for hydroxylation is 1. The van der Waals surface area contributed by atoms with Crippen LogP contribution in [-0.4, -0.2) is 51.7 Å². The van der Waals surface area contributed by atoms with E-state index < -0.39 is 11.9 Å². The fourth-order valence-corrected chi connectivity index (χ4v) is 3.92. The van der Waals surface area contributed by atoms with Gasteiger partial charge >= 0.3 is 6.18 Å². The van der Waals surface area contributed by atoms with Crippen molar-refractivity contribution in [1.82, 2.24) is 19.6 Å². The highest BCUT2D eigenvalue weighted by Crippen LogP contribution is 2.35. The van der Waals surface area contributed by atoms with Crippen molar-refractivity contribution in [1.29, 1.82) is 0 Å². The van der Waals surface area contributed by atoms with E-state index in [2.05, 4.69) is 25.9 Å². The lowest BCUT2D eigenvalue weighted by atomic mass is 10.2. The maximum absolute atomic E-state index is 13.0. The number of amides is 1. The van der Waals surface area contributed by atoms with Crippen LogP contribution in [0.1, 0.15) is 23.4 Å². The van der Waals surface area contributed by atoms with Gasteiger partial charge in [-0.25, -0.2) is 0 Å². The molecule has 1 aliphatic rings. The fourth-order valence-electron chi connectivity index (χ4n) is 3.29. The molecule has 0 spiro atoms. The standard InChI is InChI=1S/C19H21BrClF3N4O/c1-13-17(20)18(19(22,23)24)25-28(13)7-6-16(29)27-10-8-26(9-11-27)12-14-2-4-15(21)5-3-14/h2-5H,6-12H2,1H3. The first-order valence-corrected chi connectivity index (χ1v) is 10.4. The van der Waals surface area contributed by atoms with E-state index in [-0.39, 0.29) is 23.3 Å². The van der Waals surface area contributed by atoms with E-state index in [4.69, 9.17) is 11.6 Å². The van der Waals surface area contributed by atoms with Gasteiger partial charge < -0.3 is 4.90 Å². The van der Waals surface area contributed by atoms with Gasteiger partial charge in [-0.2, -0.15) is 18.3 Å². The zero-order chi connectivity index (χ0) is 21.2. The maximum Gasteiger partial charge on any atom is 0.436 e. The molecule has 0 unspecified atom stereocenters. The summed E-state index contributed by atoms with van der Waals surface area (Å²) in [4.78, 5) is 16.5. The normalized spacial score (nSPS) is 15.7. The summed E-state index contributed by atoms with van der Waals surface area (Å²) < 4.78 is 40.0. The molecule has 1 aliphatic heterocycles. The molecule has 1 fully saturated rings. The van der Waals surface area contributed by atoms with Crippen molar-refractivity contribution >= 4 is 33.4 Å². The number of piperazine rings is 1. The Morgan fingerprint density at radius 3 is 2.34 bits per heavy atom. The maximum atomic E-state index is 13.0. The van der Waals surface area contributed by atoms with Crippen molar-refractivity contribution in [3.8, 4) is 0 Å². The summed E-state index contributed by atoms with van der Waals surface area (Å²) in [6.07, 6.45) is -4.41. The van der Waals surface area contributed by atoms with Gasteiger partial charge in [0.15, 0.2) is 5.69 Å². The number of rotatable bonds is 5. The lowest BCUT2D eigenvalue weighted by Crippen LogP contribution is -2.48. The van der Waals surface area contributed by atoms with Crippen molar-refractivity contribution in [2.75, 3.05) is 26.2 Å². The van der Waals surface area contributed by atoms with Gasteiger partial charge in [0.1, 0.15) is 0 Å². The second-order valence-electron chi connectivity index (χ2n) is 7.00. The number of hydrogen-bond acceptors (Lipinski definition) is 3. The number of hydrogen-bond donors (Lipinski definition) is 0. The molecule has 3 rings (SSSR count). The number of aromatic nitrogens is 2. The molecular weight excluding hydrogens is 473 g/mol. The quantitative estimate of drug-likeness (QED) is 0.621. The van der Waals surface area contributed by atoms with Crippen LogP contribution in [0.5, 0.6) is 0 Å². The van der Waals surface area contributed by atoms with E-state index in [0.29, 0.717) is 23.8 Å². The third-order valence-corrected chi connectivity index (χ3v) is 6.19. The second-order valence-corrected chi connectivity index (χ2v) is 8.23. The summed E-state index contributed by atoms with van der Waals surface area (Å²) in [5, 5.41) is 4.32. The molecule has 1 amide bonds.